The first-order chi connectivity index (χ1) is 13.2. The van der Waals surface area contributed by atoms with Crippen LogP contribution in [0.2, 0.25) is 0 Å². The molecule has 8 nitrogen and oxygen atoms in total. The van der Waals surface area contributed by atoms with Crippen molar-refractivity contribution in [3.05, 3.63) is 35.9 Å². The first kappa shape index (κ1) is 21.9. The minimum atomic E-state index is -0.774. The van der Waals surface area contributed by atoms with Gasteiger partial charge in [-0.05, 0) is 26.3 Å². The number of carbonyl (C=O) groups excluding carboxylic acids is 3. The molecule has 0 radical (unpaired) electrons. The lowest BCUT2D eigenvalue weighted by atomic mass is 10.2. The van der Waals surface area contributed by atoms with Crippen LogP contribution in [0.1, 0.15) is 26.3 Å². The number of thioether (sulfide) groups is 1. The number of amides is 2. The van der Waals surface area contributed by atoms with Gasteiger partial charge in [0.25, 0.3) is 0 Å². The Morgan fingerprint density at radius 3 is 2.50 bits per heavy atom. The van der Waals surface area contributed by atoms with Crippen LogP contribution in [0.15, 0.2) is 30.3 Å². The van der Waals surface area contributed by atoms with Crippen LogP contribution in [0.25, 0.3) is 0 Å². The highest BCUT2D eigenvalue weighted by atomic mass is 32.2. The molecule has 9 heteroatoms. The molecule has 0 spiro atoms. The minimum absolute atomic E-state index is 0.0843. The van der Waals surface area contributed by atoms with E-state index in [1.807, 2.05) is 30.3 Å². The number of alkyl carbamates (subject to hydrolysis) is 1. The van der Waals surface area contributed by atoms with Gasteiger partial charge in [0.05, 0.1) is 19.0 Å². The summed E-state index contributed by atoms with van der Waals surface area (Å²) in [5.41, 5.74) is 0.205. The average Bonchev–Trinajstić information content (AvgIpc) is 3.07. The van der Waals surface area contributed by atoms with Gasteiger partial charge in [-0.15, -0.1) is 11.8 Å². The first-order valence-electron chi connectivity index (χ1n) is 8.86. The molecule has 154 valence electrons. The fourth-order valence-electron chi connectivity index (χ4n) is 2.56. The molecule has 1 N–H and O–H groups in total. The van der Waals surface area contributed by atoms with Crippen LogP contribution in [0.3, 0.4) is 0 Å². The van der Waals surface area contributed by atoms with Crippen LogP contribution in [-0.2, 0) is 25.6 Å². The summed E-state index contributed by atoms with van der Waals surface area (Å²) < 4.78 is 15.4. The van der Waals surface area contributed by atoms with Crippen LogP contribution in [0.5, 0.6) is 0 Å². The molecule has 2 amide bonds. The summed E-state index contributed by atoms with van der Waals surface area (Å²) >= 11 is 1.37. The summed E-state index contributed by atoms with van der Waals surface area (Å²) in [7, 11) is 1.27. The topological polar surface area (TPSA) is 94.2 Å². The van der Waals surface area contributed by atoms with Gasteiger partial charge in [0, 0.05) is 5.75 Å². The number of rotatable bonds is 5. The Bertz CT molecular complexity index is 691. The molecule has 0 aromatic heterocycles. The number of hydrogen-bond donors (Lipinski definition) is 1. The Kier molecular flexibility index (Phi) is 7.56. The number of esters is 1. The molecule has 0 aliphatic carbocycles. The van der Waals surface area contributed by atoms with Crippen LogP contribution >= 0.6 is 11.8 Å². The number of hydrogen-bond acceptors (Lipinski definition) is 7. The largest absolute Gasteiger partial charge is 0.467 e. The van der Waals surface area contributed by atoms with E-state index in [1.165, 1.54) is 23.8 Å². The second-order valence-electron chi connectivity index (χ2n) is 7.16. The Balaban J connectivity index is 2.01. The molecule has 1 fully saturated rings. The lowest BCUT2D eigenvalue weighted by molar-refractivity contribution is -0.145. The highest BCUT2D eigenvalue weighted by molar-refractivity contribution is 8.00. The number of methoxy groups -OCH3 is 1. The molecule has 1 aromatic carbocycles. The standard InChI is InChI=1S/C19H26N2O6S/c1-19(2,3)27-17(23)20-10-15-21(14(12-28-15)16(22)25-4)18(24)26-11-13-8-6-5-7-9-13/h5-9,14-15H,10-12H2,1-4H3,(H,20,23)/t14-,15?/m0/s1. The van der Waals surface area contributed by atoms with Crippen molar-refractivity contribution in [3.63, 3.8) is 0 Å². The van der Waals surface area contributed by atoms with Crippen molar-refractivity contribution >= 4 is 29.9 Å². The molecule has 1 saturated heterocycles. The minimum Gasteiger partial charge on any atom is -0.467 e. The summed E-state index contributed by atoms with van der Waals surface area (Å²) in [6.07, 6.45) is -1.23. The molecule has 0 saturated carbocycles. The van der Waals surface area contributed by atoms with Crippen molar-refractivity contribution in [1.82, 2.24) is 10.2 Å². The summed E-state index contributed by atoms with van der Waals surface area (Å²) in [4.78, 5) is 38.0. The predicted molar refractivity (Wildman–Crippen MR) is 105 cm³/mol. The molecule has 2 atom stereocenters. The van der Waals surface area contributed by atoms with E-state index < -0.39 is 35.2 Å². The second-order valence-corrected chi connectivity index (χ2v) is 8.37. The van der Waals surface area contributed by atoms with Gasteiger partial charge in [-0.3, -0.25) is 4.90 Å². The van der Waals surface area contributed by atoms with E-state index >= 15 is 0 Å². The van der Waals surface area contributed by atoms with E-state index in [-0.39, 0.29) is 13.2 Å². The SMILES string of the molecule is COC(=O)[C@@H]1CSC(CNC(=O)OC(C)(C)C)N1C(=O)OCc1ccccc1. The second kappa shape index (κ2) is 9.68. The normalized spacial score (nSPS) is 19.1. The lowest BCUT2D eigenvalue weighted by Crippen LogP contribution is -2.49. The zero-order chi connectivity index (χ0) is 20.7. The maximum atomic E-state index is 12.7. The quantitative estimate of drug-likeness (QED) is 0.589. The maximum absolute atomic E-state index is 12.7. The Morgan fingerprint density at radius 2 is 1.89 bits per heavy atom. The van der Waals surface area contributed by atoms with Gasteiger partial charge >= 0.3 is 18.2 Å². The van der Waals surface area contributed by atoms with Gasteiger partial charge in [0.15, 0.2) is 0 Å². The number of ether oxygens (including phenoxy) is 3. The molecule has 1 aromatic rings. The molecule has 1 heterocycles. The van der Waals surface area contributed by atoms with E-state index in [2.05, 4.69) is 5.32 Å². The molecular formula is C19H26N2O6S. The maximum Gasteiger partial charge on any atom is 0.411 e. The van der Waals surface area contributed by atoms with Crippen molar-refractivity contribution in [2.45, 2.75) is 44.4 Å². The zero-order valence-electron chi connectivity index (χ0n) is 16.5. The highest BCUT2D eigenvalue weighted by Crippen LogP contribution is 2.30. The number of benzene rings is 1. The molecule has 1 unspecified atom stereocenters. The summed E-state index contributed by atoms with van der Waals surface area (Å²) in [5, 5.41) is 2.16. The van der Waals surface area contributed by atoms with E-state index in [1.54, 1.807) is 20.8 Å². The third-order valence-electron chi connectivity index (χ3n) is 3.80. The van der Waals surface area contributed by atoms with E-state index in [0.29, 0.717) is 5.75 Å². The van der Waals surface area contributed by atoms with Gasteiger partial charge in [-0.25, -0.2) is 14.4 Å². The van der Waals surface area contributed by atoms with Gasteiger partial charge in [0.2, 0.25) is 0 Å². The summed E-state index contributed by atoms with van der Waals surface area (Å²) in [5.74, 6) is -0.169. The zero-order valence-corrected chi connectivity index (χ0v) is 17.3. The lowest BCUT2D eigenvalue weighted by Gasteiger charge is -2.27. The number of nitrogens with zero attached hydrogens (tertiary/aromatic N) is 1. The van der Waals surface area contributed by atoms with Gasteiger partial charge in [-0.2, -0.15) is 0 Å². The predicted octanol–water partition coefficient (Wildman–Crippen LogP) is 2.76. The van der Waals surface area contributed by atoms with Crippen molar-refractivity contribution in [3.8, 4) is 0 Å². The van der Waals surface area contributed by atoms with Gasteiger partial charge in [0.1, 0.15) is 18.2 Å². The fourth-order valence-corrected chi connectivity index (χ4v) is 3.86. The molecule has 1 aliphatic rings. The van der Waals surface area contributed by atoms with Crippen LogP contribution in [0, 0.1) is 0 Å². The van der Waals surface area contributed by atoms with Crippen LogP contribution in [-0.4, -0.2) is 59.5 Å². The first-order valence-corrected chi connectivity index (χ1v) is 9.91. The molecule has 1 aliphatic heterocycles. The van der Waals surface area contributed by atoms with Crippen molar-refractivity contribution in [2.24, 2.45) is 0 Å². The third kappa shape index (κ3) is 6.33. The number of carbonyl (C=O) groups is 3. The van der Waals surface area contributed by atoms with Gasteiger partial charge in [-0.1, -0.05) is 30.3 Å². The molecule has 28 heavy (non-hydrogen) atoms. The van der Waals surface area contributed by atoms with Crippen molar-refractivity contribution < 1.29 is 28.6 Å². The van der Waals surface area contributed by atoms with E-state index in [4.69, 9.17) is 14.2 Å². The van der Waals surface area contributed by atoms with Crippen LogP contribution < -0.4 is 5.32 Å². The Morgan fingerprint density at radius 1 is 1.21 bits per heavy atom. The number of nitrogens with one attached hydrogen (secondary N) is 1. The third-order valence-corrected chi connectivity index (χ3v) is 5.09. The smallest absolute Gasteiger partial charge is 0.411 e. The fraction of sp³-hybridized carbons (Fsp3) is 0.526. The Hall–Kier alpha value is -2.42. The molecular weight excluding hydrogens is 384 g/mol. The highest BCUT2D eigenvalue weighted by Gasteiger charge is 2.43. The Labute approximate surface area is 168 Å². The van der Waals surface area contributed by atoms with E-state index in [0.717, 1.165) is 5.56 Å². The van der Waals surface area contributed by atoms with Gasteiger partial charge < -0.3 is 19.5 Å². The van der Waals surface area contributed by atoms with E-state index in [9.17, 15) is 14.4 Å². The summed E-state index contributed by atoms with van der Waals surface area (Å²) in [6.45, 7) is 5.49. The molecule has 0 bridgehead atoms. The monoisotopic (exact) mass is 410 g/mol. The van der Waals surface area contributed by atoms with Crippen molar-refractivity contribution in [1.29, 1.82) is 0 Å². The van der Waals surface area contributed by atoms with Crippen LogP contribution in [0.4, 0.5) is 9.59 Å². The summed E-state index contributed by atoms with van der Waals surface area (Å²) in [6, 6.07) is 8.47. The average molecular weight is 410 g/mol. The van der Waals surface area contributed by atoms with Crippen molar-refractivity contribution in [2.75, 3.05) is 19.4 Å². The molecule has 2 rings (SSSR count).